The van der Waals surface area contributed by atoms with Crippen LogP contribution in [0.25, 0.3) is 10.9 Å². The monoisotopic (exact) mass is 480 g/mol. The van der Waals surface area contributed by atoms with Crippen molar-refractivity contribution >= 4 is 48.5 Å². The Labute approximate surface area is 174 Å². The zero-order valence-electron chi connectivity index (χ0n) is 15.0. The van der Waals surface area contributed by atoms with Gasteiger partial charge in [-0.15, -0.1) is 0 Å². The van der Waals surface area contributed by atoms with Crippen molar-refractivity contribution in [2.75, 3.05) is 18.4 Å². The highest BCUT2D eigenvalue weighted by Crippen LogP contribution is 2.36. The highest BCUT2D eigenvalue weighted by molar-refractivity contribution is 9.10. The summed E-state index contributed by atoms with van der Waals surface area (Å²) in [6, 6.07) is 6.36. The average Bonchev–Trinajstić information content (AvgIpc) is 3.15. The lowest BCUT2D eigenvalue weighted by molar-refractivity contribution is 0.0604. The maximum Gasteiger partial charge on any atom is 0.342 e. The number of methoxy groups -OCH3 is 1. The number of hydrogen-bond donors (Lipinski definition) is 1. The number of ether oxygens (including phenoxy) is 2. The largest absolute Gasteiger partial charge is 0.491 e. The Morgan fingerprint density at radius 3 is 2.83 bits per heavy atom. The lowest BCUT2D eigenvalue weighted by atomic mass is 10.0. The zero-order valence-corrected chi connectivity index (χ0v) is 17.4. The van der Waals surface area contributed by atoms with E-state index in [1.165, 1.54) is 19.4 Å². The van der Waals surface area contributed by atoms with E-state index in [0.717, 1.165) is 23.8 Å². The van der Waals surface area contributed by atoms with Crippen LogP contribution in [0.5, 0.6) is 5.75 Å². The minimum absolute atomic E-state index is 0.00643. The second-order valence-electron chi connectivity index (χ2n) is 6.26. The van der Waals surface area contributed by atoms with Crippen molar-refractivity contribution in [1.82, 2.24) is 4.98 Å². The summed E-state index contributed by atoms with van der Waals surface area (Å²) in [5.41, 5.74) is 1.20. The molecule has 0 aliphatic carbocycles. The predicted octanol–water partition coefficient (Wildman–Crippen LogP) is 3.66. The third kappa shape index (κ3) is 3.42. The fraction of sp³-hybridized carbons (Fsp3) is 0.158. The molecule has 2 aromatic carbocycles. The first-order valence-electron chi connectivity index (χ1n) is 8.45. The number of aromatic nitrogens is 1. The molecule has 1 N–H and O–H groups in total. The molecule has 0 radical (unpaired) electrons. The fourth-order valence-electron chi connectivity index (χ4n) is 3.23. The number of carbonyl (C=O) groups excluding carboxylic acids is 1. The minimum Gasteiger partial charge on any atom is -0.491 e. The standard InChI is InChI=1S/C19H14BrFN2O5S/c1-27-19(24)17-14(23-29(25,26)16-5-2-10(21)8-13(16)20)4-3-12-11-6-7-28-15(11)9-22-18(12)17/h2-5,8-9,23H,6-7H2,1H3. The molecule has 1 aliphatic rings. The molecule has 0 fully saturated rings. The number of hydrogen-bond acceptors (Lipinski definition) is 6. The molecule has 150 valence electrons. The quantitative estimate of drug-likeness (QED) is 0.572. The van der Waals surface area contributed by atoms with E-state index < -0.39 is 21.8 Å². The number of rotatable bonds is 4. The van der Waals surface area contributed by atoms with Crippen LogP contribution in [0.2, 0.25) is 0 Å². The summed E-state index contributed by atoms with van der Waals surface area (Å²) in [6.45, 7) is 0.511. The molecule has 0 saturated carbocycles. The normalized spacial score (nSPS) is 13.1. The maximum atomic E-state index is 13.3. The van der Waals surface area contributed by atoms with E-state index >= 15 is 0 Å². The van der Waals surface area contributed by atoms with Gasteiger partial charge in [0.05, 0.1) is 31.1 Å². The highest BCUT2D eigenvalue weighted by Gasteiger charge is 2.26. The molecule has 7 nitrogen and oxygen atoms in total. The molecule has 0 unspecified atom stereocenters. The third-order valence-corrected chi connectivity index (χ3v) is 6.88. The van der Waals surface area contributed by atoms with Crippen LogP contribution >= 0.6 is 15.9 Å². The van der Waals surface area contributed by atoms with Crippen molar-refractivity contribution in [2.45, 2.75) is 11.3 Å². The van der Waals surface area contributed by atoms with Crippen molar-refractivity contribution < 1.29 is 27.1 Å². The Balaban J connectivity index is 1.87. The Morgan fingerprint density at radius 1 is 1.31 bits per heavy atom. The summed E-state index contributed by atoms with van der Waals surface area (Å²) < 4.78 is 51.9. The summed E-state index contributed by atoms with van der Waals surface area (Å²) in [4.78, 5) is 16.6. The Bertz CT molecular complexity index is 1260. The number of pyridine rings is 1. The van der Waals surface area contributed by atoms with Gasteiger partial charge in [-0.25, -0.2) is 17.6 Å². The molecule has 3 aromatic rings. The first-order valence-corrected chi connectivity index (χ1v) is 10.7. The van der Waals surface area contributed by atoms with Crippen molar-refractivity contribution in [3.8, 4) is 5.75 Å². The maximum absolute atomic E-state index is 13.3. The lowest BCUT2D eigenvalue weighted by Gasteiger charge is -2.15. The van der Waals surface area contributed by atoms with E-state index in [-0.39, 0.29) is 20.6 Å². The molecule has 2 heterocycles. The van der Waals surface area contributed by atoms with E-state index in [1.54, 1.807) is 6.07 Å². The molecular formula is C19H14BrFN2O5S. The number of fused-ring (bicyclic) bond motifs is 3. The molecular weight excluding hydrogens is 467 g/mol. The van der Waals surface area contributed by atoms with Crippen LogP contribution in [0.15, 0.2) is 45.9 Å². The smallest absolute Gasteiger partial charge is 0.342 e. The first-order chi connectivity index (χ1) is 13.8. The van der Waals surface area contributed by atoms with Gasteiger partial charge in [0, 0.05) is 21.8 Å². The van der Waals surface area contributed by atoms with Crippen LogP contribution < -0.4 is 9.46 Å². The molecule has 4 rings (SSSR count). The van der Waals surface area contributed by atoms with Gasteiger partial charge in [0.1, 0.15) is 22.0 Å². The van der Waals surface area contributed by atoms with Gasteiger partial charge in [0.25, 0.3) is 10.0 Å². The van der Waals surface area contributed by atoms with Gasteiger partial charge < -0.3 is 9.47 Å². The van der Waals surface area contributed by atoms with Gasteiger partial charge in [0.2, 0.25) is 0 Å². The van der Waals surface area contributed by atoms with Gasteiger partial charge in [-0.1, -0.05) is 6.07 Å². The predicted molar refractivity (Wildman–Crippen MR) is 107 cm³/mol. The number of anilines is 1. The number of nitrogens with zero attached hydrogens (tertiary/aromatic N) is 1. The Morgan fingerprint density at radius 2 is 2.10 bits per heavy atom. The van der Waals surface area contributed by atoms with Crippen LogP contribution in [0.4, 0.5) is 10.1 Å². The number of sulfonamides is 1. The van der Waals surface area contributed by atoms with Crippen molar-refractivity contribution in [3.63, 3.8) is 0 Å². The number of halogens is 2. The average molecular weight is 481 g/mol. The lowest BCUT2D eigenvalue weighted by Crippen LogP contribution is -2.17. The van der Waals surface area contributed by atoms with E-state index in [0.29, 0.717) is 29.7 Å². The topological polar surface area (TPSA) is 94.6 Å². The summed E-state index contributed by atoms with van der Waals surface area (Å²) in [5, 5.41) is 0.686. The molecule has 0 spiro atoms. The van der Waals surface area contributed by atoms with Crippen LogP contribution in [-0.2, 0) is 21.2 Å². The molecule has 0 amide bonds. The number of esters is 1. The van der Waals surface area contributed by atoms with Crippen molar-refractivity contribution in [1.29, 1.82) is 0 Å². The number of nitrogens with one attached hydrogen (secondary N) is 1. The van der Waals surface area contributed by atoms with Crippen LogP contribution in [0.3, 0.4) is 0 Å². The molecule has 0 atom stereocenters. The second kappa shape index (κ2) is 7.27. The first kappa shape index (κ1) is 19.6. The van der Waals surface area contributed by atoms with Gasteiger partial charge >= 0.3 is 5.97 Å². The minimum atomic E-state index is -4.13. The second-order valence-corrected chi connectivity index (χ2v) is 8.76. The Hall–Kier alpha value is -2.72. The fourth-order valence-corrected chi connectivity index (χ4v) is 5.36. The molecule has 10 heteroatoms. The number of carbonyl (C=O) groups is 1. The highest BCUT2D eigenvalue weighted by atomic mass is 79.9. The van der Waals surface area contributed by atoms with Crippen LogP contribution in [0.1, 0.15) is 15.9 Å². The van der Waals surface area contributed by atoms with E-state index in [4.69, 9.17) is 9.47 Å². The molecule has 29 heavy (non-hydrogen) atoms. The summed E-state index contributed by atoms with van der Waals surface area (Å²) in [7, 11) is -2.93. The molecule has 1 aliphatic heterocycles. The van der Waals surface area contributed by atoms with Gasteiger partial charge in [0.15, 0.2) is 0 Å². The number of benzene rings is 2. The van der Waals surface area contributed by atoms with Crippen molar-refractivity contribution in [3.05, 3.63) is 57.9 Å². The summed E-state index contributed by atoms with van der Waals surface area (Å²) >= 11 is 3.05. The SMILES string of the molecule is COC(=O)c1c(NS(=O)(=O)c2ccc(F)cc2Br)ccc2c3c(cnc12)OCC3. The summed E-state index contributed by atoms with van der Waals surface area (Å²) in [5.74, 6) is -0.688. The van der Waals surface area contributed by atoms with E-state index in [1.807, 2.05) is 0 Å². The molecule has 1 aromatic heterocycles. The summed E-state index contributed by atoms with van der Waals surface area (Å²) in [6.07, 6.45) is 2.16. The third-order valence-electron chi connectivity index (χ3n) is 4.54. The zero-order chi connectivity index (χ0) is 20.8. The molecule has 0 bridgehead atoms. The van der Waals surface area contributed by atoms with Crippen molar-refractivity contribution in [2.24, 2.45) is 0 Å². The van der Waals surface area contributed by atoms with Gasteiger partial charge in [-0.05, 0) is 40.2 Å². The van der Waals surface area contributed by atoms with E-state index in [2.05, 4.69) is 25.6 Å². The van der Waals surface area contributed by atoms with Crippen LogP contribution in [-0.4, -0.2) is 33.1 Å². The van der Waals surface area contributed by atoms with Gasteiger partial charge in [-0.2, -0.15) is 0 Å². The van der Waals surface area contributed by atoms with E-state index in [9.17, 15) is 17.6 Å². The molecule has 0 saturated heterocycles. The van der Waals surface area contributed by atoms with Gasteiger partial charge in [-0.3, -0.25) is 9.71 Å². The Kier molecular flexibility index (Phi) is 4.91. The van der Waals surface area contributed by atoms with Crippen LogP contribution in [0, 0.1) is 5.82 Å².